The van der Waals surface area contributed by atoms with Gasteiger partial charge in [-0.15, -0.1) is 0 Å². The molecule has 3 heterocycles. The molecule has 1 spiro atoms. The molecule has 1 amide bonds. The summed E-state index contributed by atoms with van der Waals surface area (Å²) < 4.78 is 46.4. The van der Waals surface area contributed by atoms with Gasteiger partial charge in [0, 0.05) is 24.4 Å². The Balaban J connectivity index is 1.44. The molecule has 2 fully saturated rings. The maximum absolute atomic E-state index is 13.5. The normalized spacial score (nSPS) is 21.1. The van der Waals surface area contributed by atoms with Crippen LogP contribution in [0.1, 0.15) is 36.9 Å². The maximum atomic E-state index is 13.5. The largest absolute Gasteiger partial charge is 0.470 e. The lowest BCUT2D eigenvalue weighted by molar-refractivity contribution is -0.138. The molecule has 1 saturated carbocycles. The van der Waals surface area contributed by atoms with Crippen molar-refractivity contribution in [3.63, 3.8) is 0 Å². The van der Waals surface area contributed by atoms with Crippen LogP contribution in [-0.2, 0) is 11.0 Å². The Hall–Kier alpha value is -3.78. The van der Waals surface area contributed by atoms with Crippen molar-refractivity contribution in [3.05, 3.63) is 71.8 Å². The average Bonchev–Trinajstić information content (AvgIpc) is 3.06. The second-order valence-corrected chi connectivity index (χ2v) is 8.76. The fourth-order valence-electron chi connectivity index (χ4n) is 4.50. The number of hydrogen-bond donors (Lipinski definition) is 0. The summed E-state index contributed by atoms with van der Waals surface area (Å²) in [7, 11) is 0. The highest BCUT2D eigenvalue weighted by atomic mass is 32.1. The summed E-state index contributed by atoms with van der Waals surface area (Å²) >= 11 is 5.62. The minimum absolute atomic E-state index is 0.0781. The molecule has 0 bridgehead atoms. The Labute approximate surface area is 204 Å². The highest BCUT2D eigenvalue weighted by Gasteiger charge is 2.60. The van der Waals surface area contributed by atoms with E-state index in [0.29, 0.717) is 30.8 Å². The van der Waals surface area contributed by atoms with Gasteiger partial charge in [0.2, 0.25) is 5.88 Å². The van der Waals surface area contributed by atoms with Crippen LogP contribution in [0.2, 0.25) is 0 Å². The van der Waals surface area contributed by atoms with E-state index in [2.05, 4.69) is 9.97 Å². The monoisotopic (exact) mass is 497 g/mol. The smallest absolute Gasteiger partial charge is 0.419 e. The molecule has 2 aromatic rings. The number of thiocarbonyl (C=S) groups is 1. The van der Waals surface area contributed by atoms with Crippen molar-refractivity contribution in [2.75, 3.05) is 4.90 Å². The molecule has 2 aromatic heterocycles. The minimum Gasteiger partial charge on any atom is -0.470 e. The summed E-state index contributed by atoms with van der Waals surface area (Å²) in [5.41, 5.74) is -2.35. The van der Waals surface area contributed by atoms with E-state index in [1.165, 1.54) is 6.07 Å². The number of halogens is 3. The van der Waals surface area contributed by atoms with Crippen LogP contribution in [0.4, 0.5) is 18.9 Å². The summed E-state index contributed by atoms with van der Waals surface area (Å²) in [6.07, 6.45) is 5.54. The molecule has 5 rings (SSSR count). The zero-order valence-corrected chi connectivity index (χ0v) is 19.0. The topological polar surface area (TPSA) is 82.4 Å². The first-order valence-corrected chi connectivity index (χ1v) is 11.3. The van der Waals surface area contributed by atoms with Crippen molar-refractivity contribution < 1.29 is 22.7 Å². The Morgan fingerprint density at radius 3 is 2.63 bits per heavy atom. The summed E-state index contributed by atoms with van der Waals surface area (Å²) in [5, 5.41) is 9.12. The summed E-state index contributed by atoms with van der Waals surface area (Å²) in [6.45, 7) is 0. The van der Waals surface area contributed by atoms with Gasteiger partial charge < -0.3 is 9.64 Å². The lowest BCUT2D eigenvalue weighted by atomic mass is 9.75. The van der Waals surface area contributed by atoms with Crippen LogP contribution in [0.15, 0.2) is 60.6 Å². The standard InChI is InChI=1S/C24H18F3N5O2S/c25-24(26,27)18-12-16(14-30-19(18)13-28)31-21(33)23(9-3-10-23)32(22(31)35)15-5-7-17(8-6-15)34-20-4-1-2-11-29-20/h1-2,4-7,11-12,14,17H,3,8-10H2. The number of aromatic nitrogens is 2. The van der Waals surface area contributed by atoms with Crippen LogP contribution < -0.4 is 9.64 Å². The first-order chi connectivity index (χ1) is 16.7. The number of allylic oxidation sites excluding steroid dienone is 1. The number of anilines is 1. The van der Waals surface area contributed by atoms with Crippen molar-refractivity contribution in [3.8, 4) is 11.9 Å². The highest BCUT2D eigenvalue weighted by molar-refractivity contribution is 7.80. The molecule has 0 N–H and O–H groups in total. The lowest BCUT2D eigenvalue weighted by Crippen LogP contribution is -2.54. The molecule has 7 nitrogen and oxygen atoms in total. The summed E-state index contributed by atoms with van der Waals surface area (Å²) in [5.74, 6) is 0.0934. The van der Waals surface area contributed by atoms with E-state index < -0.39 is 28.9 Å². The first kappa shape index (κ1) is 23.0. The van der Waals surface area contributed by atoms with Gasteiger partial charge in [0.1, 0.15) is 17.7 Å². The van der Waals surface area contributed by atoms with Gasteiger partial charge in [0.05, 0.1) is 17.4 Å². The second-order valence-electron chi connectivity index (χ2n) is 8.39. The molecule has 2 aliphatic carbocycles. The molecule has 11 heteroatoms. The Bertz CT molecular complexity index is 1300. The number of nitrogens with zero attached hydrogens (tertiary/aromatic N) is 5. The van der Waals surface area contributed by atoms with Crippen LogP contribution in [-0.4, -0.2) is 37.5 Å². The highest BCUT2D eigenvalue weighted by Crippen LogP contribution is 2.48. The molecule has 1 unspecified atom stereocenters. The van der Waals surface area contributed by atoms with Gasteiger partial charge in [-0.25, -0.2) is 9.97 Å². The van der Waals surface area contributed by atoms with Crippen LogP contribution in [0.5, 0.6) is 5.88 Å². The van der Waals surface area contributed by atoms with E-state index in [-0.39, 0.29) is 16.9 Å². The van der Waals surface area contributed by atoms with Crippen molar-refractivity contribution >= 4 is 28.9 Å². The van der Waals surface area contributed by atoms with E-state index in [1.807, 2.05) is 18.2 Å². The number of ether oxygens (including phenoxy) is 1. The number of alkyl halides is 3. The molecular weight excluding hydrogens is 479 g/mol. The van der Waals surface area contributed by atoms with E-state index in [0.717, 1.165) is 23.6 Å². The molecule has 0 aromatic carbocycles. The van der Waals surface area contributed by atoms with Gasteiger partial charge in [-0.3, -0.25) is 9.69 Å². The molecular formula is C24H18F3N5O2S. The molecule has 35 heavy (non-hydrogen) atoms. The van der Waals surface area contributed by atoms with Crippen molar-refractivity contribution in [1.82, 2.24) is 14.9 Å². The van der Waals surface area contributed by atoms with Crippen LogP contribution >= 0.6 is 12.2 Å². The van der Waals surface area contributed by atoms with Gasteiger partial charge in [-0.1, -0.05) is 12.1 Å². The van der Waals surface area contributed by atoms with Crippen LogP contribution in [0.3, 0.4) is 0 Å². The van der Waals surface area contributed by atoms with Gasteiger partial charge >= 0.3 is 6.18 Å². The quantitative estimate of drug-likeness (QED) is 0.575. The van der Waals surface area contributed by atoms with E-state index in [9.17, 15) is 18.0 Å². The van der Waals surface area contributed by atoms with Crippen molar-refractivity contribution in [2.45, 2.75) is 43.5 Å². The maximum Gasteiger partial charge on any atom is 0.419 e. The van der Waals surface area contributed by atoms with Gasteiger partial charge in [0.15, 0.2) is 10.8 Å². The first-order valence-electron chi connectivity index (χ1n) is 10.9. The number of rotatable bonds is 4. The molecule has 3 aliphatic rings. The molecule has 1 aliphatic heterocycles. The minimum atomic E-state index is -4.80. The second kappa shape index (κ2) is 8.46. The van der Waals surface area contributed by atoms with Crippen LogP contribution in [0, 0.1) is 11.3 Å². The number of carbonyl (C=O) groups excluding carboxylic acids is 1. The van der Waals surface area contributed by atoms with Crippen molar-refractivity contribution in [2.24, 2.45) is 0 Å². The third kappa shape index (κ3) is 3.83. The van der Waals surface area contributed by atoms with Gasteiger partial charge in [-0.2, -0.15) is 18.4 Å². The Morgan fingerprint density at radius 1 is 1.26 bits per heavy atom. The number of amides is 1. The Kier molecular flexibility index (Phi) is 5.56. The summed E-state index contributed by atoms with van der Waals surface area (Å²) in [6, 6.07) is 7.57. The van der Waals surface area contributed by atoms with Gasteiger partial charge in [0.25, 0.3) is 5.91 Å². The Morgan fingerprint density at radius 2 is 2.06 bits per heavy atom. The third-order valence-electron chi connectivity index (χ3n) is 6.34. The van der Waals surface area contributed by atoms with Crippen molar-refractivity contribution in [1.29, 1.82) is 5.26 Å². The zero-order valence-electron chi connectivity index (χ0n) is 18.2. The third-order valence-corrected chi connectivity index (χ3v) is 6.71. The van der Waals surface area contributed by atoms with E-state index in [1.54, 1.807) is 29.3 Å². The van der Waals surface area contributed by atoms with Gasteiger partial charge in [-0.05, 0) is 55.8 Å². The average molecular weight is 498 g/mol. The SMILES string of the molecule is N#Cc1ncc(N2C(=O)C3(CCC3)N(C3=CCC(Oc4ccccn4)C=C3)C2=S)cc1C(F)(F)F. The zero-order chi connectivity index (χ0) is 24.8. The lowest BCUT2D eigenvalue weighted by Gasteiger charge is -2.44. The predicted molar refractivity (Wildman–Crippen MR) is 123 cm³/mol. The molecule has 0 radical (unpaired) electrons. The van der Waals surface area contributed by atoms with E-state index in [4.69, 9.17) is 22.2 Å². The molecule has 178 valence electrons. The molecule has 1 atom stereocenters. The van der Waals surface area contributed by atoms with E-state index >= 15 is 0 Å². The fraction of sp³-hybridized carbons (Fsp3) is 0.292. The number of pyridine rings is 2. The summed E-state index contributed by atoms with van der Waals surface area (Å²) in [4.78, 5) is 24.2. The number of carbonyl (C=O) groups is 1. The fourth-order valence-corrected chi connectivity index (χ4v) is 4.97. The number of hydrogen-bond acceptors (Lipinski definition) is 6. The molecule has 1 saturated heterocycles. The predicted octanol–water partition coefficient (Wildman–Crippen LogP) is 4.51. The number of nitriles is 1. The van der Waals surface area contributed by atoms with Crippen LogP contribution in [0.25, 0.3) is 0 Å².